The molecule has 0 aliphatic heterocycles. The summed E-state index contributed by atoms with van der Waals surface area (Å²) in [5.74, 6) is 1.10. The highest BCUT2D eigenvalue weighted by Gasteiger charge is 2.11. The molecule has 0 radical (unpaired) electrons. The molecule has 0 unspecified atom stereocenters. The van der Waals surface area contributed by atoms with Crippen LogP contribution in [0.25, 0.3) is 11.1 Å². The van der Waals surface area contributed by atoms with Gasteiger partial charge in [-0.25, -0.2) is 9.48 Å². The van der Waals surface area contributed by atoms with Crippen molar-refractivity contribution in [1.82, 2.24) is 24.8 Å². The van der Waals surface area contributed by atoms with Gasteiger partial charge in [0.15, 0.2) is 5.58 Å². The van der Waals surface area contributed by atoms with Gasteiger partial charge in [0.05, 0.1) is 19.2 Å². The molecule has 27 heavy (non-hydrogen) atoms. The molecule has 0 aliphatic carbocycles. The van der Waals surface area contributed by atoms with Gasteiger partial charge in [-0.05, 0) is 40.3 Å². The van der Waals surface area contributed by atoms with Crippen molar-refractivity contribution in [2.45, 2.75) is 18.2 Å². The van der Waals surface area contributed by atoms with Crippen LogP contribution in [-0.2, 0) is 13.1 Å². The minimum atomic E-state index is -0.352. The fourth-order valence-corrected chi connectivity index (χ4v) is 3.56. The number of oxazole rings is 1. The maximum Gasteiger partial charge on any atom is 0.419 e. The molecule has 2 aromatic carbocycles. The van der Waals surface area contributed by atoms with E-state index in [1.54, 1.807) is 22.4 Å². The van der Waals surface area contributed by atoms with Crippen molar-refractivity contribution in [1.29, 1.82) is 0 Å². The first-order valence-corrected chi connectivity index (χ1v) is 9.33. The summed E-state index contributed by atoms with van der Waals surface area (Å²) in [7, 11) is 1.64. The van der Waals surface area contributed by atoms with Gasteiger partial charge in [-0.15, -0.1) is 5.10 Å². The third-order valence-corrected chi connectivity index (χ3v) is 5.05. The number of methoxy groups -OCH3 is 1. The highest BCUT2D eigenvalue weighted by Crippen LogP contribution is 2.18. The Balaban J connectivity index is 1.42. The predicted octanol–water partition coefficient (Wildman–Crippen LogP) is 2.43. The van der Waals surface area contributed by atoms with E-state index in [0.29, 0.717) is 29.6 Å². The largest absolute Gasteiger partial charge is 0.497 e. The average Bonchev–Trinajstić information content (AvgIpc) is 3.26. The molecule has 138 valence electrons. The maximum atomic E-state index is 12.0. The first-order valence-electron chi connectivity index (χ1n) is 8.35. The summed E-state index contributed by atoms with van der Waals surface area (Å²) >= 11 is 1.50. The number of nitrogens with zero attached hydrogens (tertiary/aromatic N) is 5. The Kier molecular flexibility index (Phi) is 4.93. The summed E-state index contributed by atoms with van der Waals surface area (Å²) < 4.78 is 13.8. The number of hydrogen-bond acceptors (Lipinski definition) is 7. The fraction of sp³-hybridized carbons (Fsp3) is 0.222. The molecule has 4 aromatic rings. The SMILES string of the molecule is COc1ccc(Cn2nnnc2SCCn2c(=O)oc3ccccc32)cc1. The van der Waals surface area contributed by atoms with Crippen molar-refractivity contribution in [3.05, 3.63) is 64.6 Å². The van der Waals surface area contributed by atoms with Crippen LogP contribution in [0.5, 0.6) is 5.75 Å². The molecule has 2 heterocycles. The van der Waals surface area contributed by atoms with Gasteiger partial charge in [-0.1, -0.05) is 36.0 Å². The number of para-hydroxylation sites is 2. The first kappa shape index (κ1) is 17.3. The van der Waals surface area contributed by atoms with Crippen molar-refractivity contribution < 1.29 is 9.15 Å². The molecule has 0 bridgehead atoms. The van der Waals surface area contributed by atoms with Crippen LogP contribution in [0.4, 0.5) is 0 Å². The van der Waals surface area contributed by atoms with E-state index in [-0.39, 0.29) is 5.76 Å². The molecular weight excluding hydrogens is 366 g/mol. The summed E-state index contributed by atoms with van der Waals surface area (Å²) in [5, 5.41) is 12.6. The van der Waals surface area contributed by atoms with Crippen molar-refractivity contribution in [2.24, 2.45) is 0 Å². The Labute approximate surface area is 158 Å². The summed E-state index contributed by atoms with van der Waals surface area (Å²) in [4.78, 5) is 12.0. The van der Waals surface area contributed by atoms with E-state index in [2.05, 4.69) is 15.5 Å². The fourth-order valence-electron chi connectivity index (χ4n) is 2.76. The Morgan fingerprint density at radius 1 is 1.15 bits per heavy atom. The van der Waals surface area contributed by atoms with Crippen LogP contribution in [0.15, 0.2) is 62.9 Å². The van der Waals surface area contributed by atoms with E-state index in [0.717, 1.165) is 16.8 Å². The second-order valence-electron chi connectivity index (χ2n) is 5.80. The first-order chi connectivity index (χ1) is 13.2. The van der Waals surface area contributed by atoms with Gasteiger partial charge in [0.25, 0.3) is 0 Å². The molecule has 0 saturated carbocycles. The summed E-state index contributed by atoms with van der Waals surface area (Å²) in [6.07, 6.45) is 0. The molecule has 0 aliphatic rings. The minimum absolute atomic E-state index is 0.352. The Bertz CT molecular complexity index is 1100. The number of aromatic nitrogens is 5. The zero-order valence-corrected chi connectivity index (χ0v) is 15.4. The molecule has 2 aromatic heterocycles. The number of hydrogen-bond donors (Lipinski definition) is 0. The van der Waals surface area contributed by atoms with E-state index in [1.807, 2.05) is 42.5 Å². The van der Waals surface area contributed by atoms with Crippen LogP contribution < -0.4 is 10.5 Å². The average molecular weight is 383 g/mol. The van der Waals surface area contributed by atoms with Gasteiger partial charge in [0, 0.05) is 12.3 Å². The molecular formula is C18H17N5O3S. The molecule has 9 heteroatoms. The Hall–Kier alpha value is -3.07. The van der Waals surface area contributed by atoms with Crippen molar-refractivity contribution >= 4 is 22.9 Å². The number of fused-ring (bicyclic) bond motifs is 1. The summed E-state index contributed by atoms with van der Waals surface area (Å²) in [6, 6.07) is 15.2. The third-order valence-electron chi connectivity index (χ3n) is 4.11. The number of thioether (sulfide) groups is 1. The summed E-state index contributed by atoms with van der Waals surface area (Å²) in [5.41, 5.74) is 2.46. The van der Waals surface area contributed by atoms with Gasteiger partial charge >= 0.3 is 5.76 Å². The molecule has 0 fully saturated rings. The summed E-state index contributed by atoms with van der Waals surface area (Å²) in [6.45, 7) is 1.07. The van der Waals surface area contributed by atoms with Gasteiger partial charge in [0.2, 0.25) is 5.16 Å². The molecule has 0 saturated heterocycles. The lowest BCUT2D eigenvalue weighted by Crippen LogP contribution is -2.15. The predicted molar refractivity (Wildman–Crippen MR) is 101 cm³/mol. The Morgan fingerprint density at radius 2 is 1.96 bits per heavy atom. The van der Waals surface area contributed by atoms with Crippen LogP contribution in [0, 0.1) is 0 Å². The normalized spacial score (nSPS) is 11.1. The number of tetrazole rings is 1. The van der Waals surface area contributed by atoms with Crippen molar-refractivity contribution in [2.75, 3.05) is 12.9 Å². The zero-order valence-electron chi connectivity index (χ0n) is 14.6. The monoisotopic (exact) mass is 383 g/mol. The molecule has 0 amide bonds. The topological polar surface area (TPSA) is 88.0 Å². The number of ether oxygens (including phenoxy) is 1. The molecule has 0 atom stereocenters. The second-order valence-corrected chi connectivity index (χ2v) is 6.87. The minimum Gasteiger partial charge on any atom is -0.497 e. The number of rotatable bonds is 7. The maximum absolute atomic E-state index is 12.0. The highest BCUT2D eigenvalue weighted by atomic mass is 32.2. The van der Waals surface area contributed by atoms with E-state index < -0.39 is 0 Å². The lowest BCUT2D eigenvalue weighted by atomic mass is 10.2. The molecule has 0 N–H and O–H groups in total. The van der Waals surface area contributed by atoms with Gasteiger partial charge < -0.3 is 9.15 Å². The van der Waals surface area contributed by atoms with Gasteiger partial charge in [0.1, 0.15) is 5.75 Å². The number of benzene rings is 2. The molecule has 0 spiro atoms. The zero-order chi connectivity index (χ0) is 18.6. The van der Waals surface area contributed by atoms with E-state index in [1.165, 1.54) is 11.8 Å². The smallest absolute Gasteiger partial charge is 0.419 e. The molecule has 4 rings (SSSR count). The van der Waals surface area contributed by atoms with Crippen LogP contribution in [0.3, 0.4) is 0 Å². The lowest BCUT2D eigenvalue weighted by Gasteiger charge is -2.06. The van der Waals surface area contributed by atoms with Crippen LogP contribution >= 0.6 is 11.8 Å². The van der Waals surface area contributed by atoms with Gasteiger partial charge in [-0.3, -0.25) is 4.57 Å². The standard InChI is InChI=1S/C18H17N5O3S/c1-25-14-8-6-13(7-9-14)12-23-17(19-20-21-23)27-11-10-22-15-4-2-3-5-16(15)26-18(22)24/h2-9H,10-12H2,1H3. The van der Waals surface area contributed by atoms with E-state index in [4.69, 9.17) is 9.15 Å². The van der Waals surface area contributed by atoms with Crippen LogP contribution in [0.1, 0.15) is 5.56 Å². The van der Waals surface area contributed by atoms with Crippen molar-refractivity contribution in [3.63, 3.8) is 0 Å². The highest BCUT2D eigenvalue weighted by molar-refractivity contribution is 7.99. The van der Waals surface area contributed by atoms with E-state index in [9.17, 15) is 4.79 Å². The quantitative estimate of drug-likeness (QED) is 0.453. The Morgan fingerprint density at radius 3 is 2.78 bits per heavy atom. The van der Waals surface area contributed by atoms with E-state index >= 15 is 0 Å². The third kappa shape index (κ3) is 3.72. The van der Waals surface area contributed by atoms with Crippen LogP contribution in [0.2, 0.25) is 0 Å². The van der Waals surface area contributed by atoms with Crippen LogP contribution in [-0.4, -0.2) is 37.6 Å². The number of aryl methyl sites for hydroxylation is 1. The van der Waals surface area contributed by atoms with Gasteiger partial charge in [-0.2, -0.15) is 0 Å². The van der Waals surface area contributed by atoms with Crippen molar-refractivity contribution in [3.8, 4) is 5.75 Å². The lowest BCUT2D eigenvalue weighted by molar-refractivity contribution is 0.414. The molecule has 8 nitrogen and oxygen atoms in total. The second kappa shape index (κ2) is 7.67.